The minimum Gasteiger partial charge on any atom is -0.492 e. The van der Waals surface area contributed by atoms with Gasteiger partial charge in [-0.3, -0.25) is 9.78 Å². The van der Waals surface area contributed by atoms with Crippen LogP contribution in [0.3, 0.4) is 0 Å². The maximum atomic E-state index is 12.6. The van der Waals surface area contributed by atoms with Gasteiger partial charge in [0.05, 0.1) is 29.5 Å². The molecule has 3 rings (SSSR count). The number of fused-ring (bicyclic) bond motifs is 1. The molecule has 33 heavy (non-hydrogen) atoms. The van der Waals surface area contributed by atoms with Crippen molar-refractivity contribution in [3.8, 4) is 5.75 Å². The Morgan fingerprint density at radius 1 is 1.06 bits per heavy atom. The highest BCUT2D eigenvalue weighted by atomic mass is 16.5. The highest BCUT2D eigenvalue weighted by Crippen LogP contribution is 2.29. The lowest BCUT2D eigenvalue weighted by Crippen LogP contribution is -2.37. The van der Waals surface area contributed by atoms with E-state index in [4.69, 9.17) is 4.74 Å². The van der Waals surface area contributed by atoms with E-state index in [0.29, 0.717) is 19.1 Å². The van der Waals surface area contributed by atoms with Crippen molar-refractivity contribution in [2.75, 3.05) is 13.2 Å². The Morgan fingerprint density at radius 2 is 1.76 bits per heavy atom. The quantitative estimate of drug-likeness (QED) is 0.394. The highest BCUT2D eigenvalue weighted by Gasteiger charge is 2.27. The van der Waals surface area contributed by atoms with Crippen LogP contribution in [-0.2, 0) is 4.79 Å². The van der Waals surface area contributed by atoms with Crippen molar-refractivity contribution in [2.45, 2.75) is 41.0 Å². The summed E-state index contributed by atoms with van der Waals surface area (Å²) in [6, 6.07) is 15.7. The Kier molecular flexibility index (Phi) is 8.21. The molecule has 0 aliphatic carbocycles. The predicted octanol–water partition coefficient (Wildman–Crippen LogP) is 6.25. The SMILES string of the molecule is CC(C)C(CC(C)(C)C)C(=O)NCCOc1ccc(/C=C/c2cnc3ccccc3n2)cc1.[HH]. The predicted molar refractivity (Wildman–Crippen MR) is 138 cm³/mol. The van der Waals surface area contributed by atoms with E-state index in [-0.39, 0.29) is 18.7 Å². The molecule has 0 radical (unpaired) electrons. The molecule has 3 aromatic rings. The van der Waals surface area contributed by atoms with Gasteiger partial charge < -0.3 is 10.1 Å². The van der Waals surface area contributed by atoms with Gasteiger partial charge in [-0.15, -0.1) is 0 Å². The highest BCUT2D eigenvalue weighted by molar-refractivity contribution is 5.79. The van der Waals surface area contributed by atoms with Crippen LogP contribution in [0.5, 0.6) is 5.75 Å². The van der Waals surface area contributed by atoms with Gasteiger partial charge in [0.2, 0.25) is 5.91 Å². The van der Waals surface area contributed by atoms with Crippen molar-refractivity contribution in [3.63, 3.8) is 0 Å². The molecule has 0 saturated heterocycles. The third kappa shape index (κ3) is 7.70. The number of amides is 1. The van der Waals surface area contributed by atoms with Crippen LogP contribution >= 0.6 is 0 Å². The molecule has 1 heterocycles. The summed E-state index contributed by atoms with van der Waals surface area (Å²) in [4.78, 5) is 21.6. The largest absolute Gasteiger partial charge is 0.492 e. The normalized spacial score (nSPS) is 12.9. The second-order valence-corrected chi connectivity index (χ2v) is 9.94. The molecule has 0 bridgehead atoms. The average molecular weight is 448 g/mol. The van der Waals surface area contributed by atoms with E-state index in [1.807, 2.05) is 60.7 Å². The molecule has 1 aromatic heterocycles. The van der Waals surface area contributed by atoms with E-state index in [2.05, 4.69) is 49.9 Å². The van der Waals surface area contributed by atoms with Crippen molar-refractivity contribution < 1.29 is 11.0 Å². The van der Waals surface area contributed by atoms with E-state index in [1.54, 1.807) is 6.20 Å². The van der Waals surface area contributed by atoms with Gasteiger partial charge in [-0.25, -0.2) is 4.98 Å². The molecule has 0 aliphatic heterocycles. The lowest BCUT2D eigenvalue weighted by molar-refractivity contribution is -0.127. The van der Waals surface area contributed by atoms with Crippen LogP contribution in [-0.4, -0.2) is 29.0 Å². The number of nitrogens with one attached hydrogen (secondary N) is 1. The Labute approximate surface area is 198 Å². The number of hydrogen-bond donors (Lipinski definition) is 1. The second-order valence-electron chi connectivity index (χ2n) is 9.94. The van der Waals surface area contributed by atoms with Crippen LogP contribution < -0.4 is 10.1 Å². The van der Waals surface area contributed by atoms with Crippen molar-refractivity contribution >= 4 is 29.1 Å². The molecule has 0 spiro atoms. The van der Waals surface area contributed by atoms with Crippen molar-refractivity contribution in [1.29, 1.82) is 0 Å². The molecular formula is C28H37N3O2. The average Bonchev–Trinajstić information content (AvgIpc) is 2.78. The molecule has 1 atom stereocenters. The van der Waals surface area contributed by atoms with E-state index in [9.17, 15) is 4.79 Å². The summed E-state index contributed by atoms with van der Waals surface area (Å²) in [7, 11) is 0. The minimum atomic E-state index is 0. The number of para-hydroxylation sites is 2. The fourth-order valence-electron chi connectivity index (χ4n) is 3.67. The van der Waals surface area contributed by atoms with E-state index >= 15 is 0 Å². The van der Waals surface area contributed by atoms with Gasteiger partial charge >= 0.3 is 0 Å². The topological polar surface area (TPSA) is 64.1 Å². The Bertz CT molecular complexity index is 1090. The van der Waals surface area contributed by atoms with Gasteiger partial charge in [0, 0.05) is 7.34 Å². The Balaban J connectivity index is 0.00000408. The number of nitrogens with zero attached hydrogens (tertiary/aromatic N) is 2. The van der Waals surface area contributed by atoms with Gasteiger partial charge in [0.1, 0.15) is 12.4 Å². The van der Waals surface area contributed by atoms with Crippen LogP contribution in [0.1, 0.15) is 53.7 Å². The van der Waals surface area contributed by atoms with Crippen LogP contribution in [0.2, 0.25) is 0 Å². The van der Waals surface area contributed by atoms with E-state index in [1.165, 1.54) is 0 Å². The summed E-state index contributed by atoms with van der Waals surface area (Å²) in [6.07, 6.45) is 6.60. The first-order valence-corrected chi connectivity index (χ1v) is 11.6. The maximum Gasteiger partial charge on any atom is 0.223 e. The van der Waals surface area contributed by atoms with Crippen molar-refractivity contribution in [3.05, 3.63) is 66.0 Å². The van der Waals surface area contributed by atoms with Crippen LogP contribution in [0.15, 0.2) is 54.7 Å². The number of carbonyl (C=O) groups is 1. The smallest absolute Gasteiger partial charge is 0.223 e. The molecule has 0 fully saturated rings. The number of ether oxygens (including phenoxy) is 1. The molecule has 0 saturated carbocycles. The van der Waals surface area contributed by atoms with Gasteiger partial charge in [0.15, 0.2) is 0 Å². The van der Waals surface area contributed by atoms with Gasteiger partial charge in [0.25, 0.3) is 0 Å². The molecule has 1 unspecified atom stereocenters. The molecule has 2 aromatic carbocycles. The van der Waals surface area contributed by atoms with Gasteiger partial charge in [-0.1, -0.05) is 65.0 Å². The van der Waals surface area contributed by atoms with Crippen LogP contribution in [0.25, 0.3) is 23.2 Å². The lowest BCUT2D eigenvalue weighted by atomic mass is 9.79. The zero-order chi connectivity index (χ0) is 23.8. The second kappa shape index (κ2) is 11.1. The molecular weight excluding hydrogens is 410 g/mol. The van der Waals surface area contributed by atoms with Crippen LogP contribution in [0.4, 0.5) is 0 Å². The van der Waals surface area contributed by atoms with Gasteiger partial charge in [-0.2, -0.15) is 0 Å². The molecule has 1 amide bonds. The third-order valence-corrected chi connectivity index (χ3v) is 5.44. The molecule has 5 nitrogen and oxygen atoms in total. The Hall–Kier alpha value is -3.21. The first-order valence-electron chi connectivity index (χ1n) is 11.6. The lowest BCUT2D eigenvalue weighted by Gasteiger charge is -2.27. The molecule has 0 aliphatic rings. The van der Waals surface area contributed by atoms with Crippen molar-refractivity contribution in [2.24, 2.45) is 17.3 Å². The molecule has 176 valence electrons. The summed E-state index contributed by atoms with van der Waals surface area (Å²) < 4.78 is 5.80. The summed E-state index contributed by atoms with van der Waals surface area (Å²) in [5, 5.41) is 3.03. The van der Waals surface area contributed by atoms with Gasteiger partial charge in [-0.05, 0) is 53.7 Å². The first-order chi connectivity index (χ1) is 15.7. The van der Waals surface area contributed by atoms with E-state index in [0.717, 1.165) is 34.5 Å². The summed E-state index contributed by atoms with van der Waals surface area (Å²) in [5.41, 5.74) is 3.76. The summed E-state index contributed by atoms with van der Waals surface area (Å²) in [6.45, 7) is 11.7. The Morgan fingerprint density at radius 3 is 2.42 bits per heavy atom. The number of benzene rings is 2. The number of carbonyl (C=O) groups excluding carboxylic acids is 1. The summed E-state index contributed by atoms with van der Waals surface area (Å²) in [5.74, 6) is 1.22. The molecule has 1 N–H and O–H groups in total. The fourth-order valence-corrected chi connectivity index (χ4v) is 3.67. The standard InChI is InChI=1S/C28H35N3O2.H2/c1-20(2)24(18-28(3,4)5)27(32)29-16-17-33-23-14-11-21(12-15-23)10-13-22-19-30-25-8-6-7-9-26(25)31-22;/h6-15,19-20,24H,16-18H2,1-5H3,(H,29,32);1H/b13-10+;. The van der Waals surface area contributed by atoms with E-state index < -0.39 is 0 Å². The molecule has 5 heteroatoms. The third-order valence-electron chi connectivity index (χ3n) is 5.44. The minimum absolute atomic E-state index is 0. The maximum absolute atomic E-state index is 12.6. The monoisotopic (exact) mass is 447 g/mol. The van der Waals surface area contributed by atoms with Crippen LogP contribution in [0, 0.1) is 17.3 Å². The van der Waals surface area contributed by atoms with Crippen molar-refractivity contribution in [1.82, 2.24) is 15.3 Å². The number of rotatable bonds is 9. The zero-order valence-corrected chi connectivity index (χ0v) is 20.3. The summed E-state index contributed by atoms with van der Waals surface area (Å²) >= 11 is 0. The fraction of sp³-hybridized carbons (Fsp3) is 0.393. The first kappa shape index (κ1) is 24.4. The zero-order valence-electron chi connectivity index (χ0n) is 20.3. The number of hydrogen-bond acceptors (Lipinski definition) is 4. The number of aromatic nitrogens is 2.